The standard InChI is InChI=1S/C18H21N3O/c19-12-14-7-9-16(10-8-14)20-18(22)13-21-11-3-5-15-4-1-2-6-17(15)21/h1-2,4,6-10H,3,5,11-13,19H2,(H,20,22). The smallest absolute Gasteiger partial charge is 0.243 e. The van der Waals surface area contributed by atoms with Crippen LogP contribution in [0.15, 0.2) is 48.5 Å². The molecule has 0 atom stereocenters. The first-order chi connectivity index (χ1) is 10.8. The summed E-state index contributed by atoms with van der Waals surface area (Å²) in [5.41, 5.74) is 9.96. The molecule has 0 spiro atoms. The van der Waals surface area contributed by atoms with Crippen LogP contribution in [0.2, 0.25) is 0 Å². The van der Waals surface area contributed by atoms with Gasteiger partial charge in [0, 0.05) is 24.5 Å². The molecule has 4 nitrogen and oxygen atoms in total. The second-order valence-corrected chi connectivity index (χ2v) is 5.60. The first-order valence-electron chi connectivity index (χ1n) is 7.68. The topological polar surface area (TPSA) is 58.4 Å². The first-order valence-corrected chi connectivity index (χ1v) is 7.68. The van der Waals surface area contributed by atoms with Gasteiger partial charge < -0.3 is 16.0 Å². The first kappa shape index (κ1) is 14.6. The monoisotopic (exact) mass is 295 g/mol. The van der Waals surface area contributed by atoms with Crippen LogP contribution < -0.4 is 16.0 Å². The van der Waals surface area contributed by atoms with Crippen LogP contribution in [-0.2, 0) is 17.8 Å². The average molecular weight is 295 g/mol. The molecular weight excluding hydrogens is 274 g/mol. The van der Waals surface area contributed by atoms with Crippen LogP contribution in [0.5, 0.6) is 0 Å². The number of carbonyl (C=O) groups excluding carboxylic acids is 1. The molecule has 2 aromatic carbocycles. The predicted molar refractivity (Wildman–Crippen MR) is 89.9 cm³/mol. The number of hydrogen-bond donors (Lipinski definition) is 2. The van der Waals surface area contributed by atoms with Crippen molar-refractivity contribution in [3.05, 3.63) is 59.7 Å². The Balaban J connectivity index is 1.65. The lowest BCUT2D eigenvalue weighted by Crippen LogP contribution is -2.36. The van der Waals surface area contributed by atoms with Crippen molar-refractivity contribution in [1.29, 1.82) is 0 Å². The fourth-order valence-electron chi connectivity index (χ4n) is 2.87. The quantitative estimate of drug-likeness (QED) is 0.911. The van der Waals surface area contributed by atoms with E-state index in [9.17, 15) is 4.79 Å². The average Bonchev–Trinajstić information content (AvgIpc) is 2.56. The maximum atomic E-state index is 12.3. The second-order valence-electron chi connectivity index (χ2n) is 5.60. The number of rotatable bonds is 4. The lowest BCUT2D eigenvalue weighted by atomic mass is 10.0. The van der Waals surface area contributed by atoms with Gasteiger partial charge in [-0.15, -0.1) is 0 Å². The molecule has 1 aliphatic heterocycles. The van der Waals surface area contributed by atoms with E-state index >= 15 is 0 Å². The third-order valence-corrected chi connectivity index (χ3v) is 4.01. The van der Waals surface area contributed by atoms with Crippen LogP contribution in [-0.4, -0.2) is 19.0 Å². The Bertz CT molecular complexity index is 652. The number of carbonyl (C=O) groups is 1. The highest BCUT2D eigenvalue weighted by atomic mass is 16.2. The van der Waals surface area contributed by atoms with Crippen LogP contribution in [0.4, 0.5) is 11.4 Å². The number of aryl methyl sites for hydroxylation is 1. The third kappa shape index (κ3) is 3.28. The Hall–Kier alpha value is -2.33. The zero-order valence-corrected chi connectivity index (χ0v) is 12.6. The van der Waals surface area contributed by atoms with E-state index in [1.807, 2.05) is 30.3 Å². The van der Waals surface area contributed by atoms with Gasteiger partial charge in [0.1, 0.15) is 0 Å². The van der Waals surface area contributed by atoms with Gasteiger partial charge in [-0.3, -0.25) is 4.79 Å². The van der Waals surface area contributed by atoms with Crippen molar-refractivity contribution in [3.8, 4) is 0 Å². The number of benzene rings is 2. The molecule has 0 aliphatic carbocycles. The van der Waals surface area contributed by atoms with Crippen LogP contribution in [0.3, 0.4) is 0 Å². The summed E-state index contributed by atoms with van der Waals surface area (Å²) in [4.78, 5) is 14.4. The maximum absolute atomic E-state index is 12.3. The van der Waals surface area contributed by atoms with Crippen LogP contribution in [0.25, 0.3) is 0 Å². The van der Waals surface area contributed by atoms with Crippen LogP contribution in [0.1, 0.15) is 17.5 Å². The van der Waals surface area contributed by atoms with Crippen molar-refractivity contribution in [2.24, 2.45) is 5.73 Å². The van der Waals surface area contributed by atoms with E-state index in [1.54, 1.807) is 0 Å². The van der Waals surface area contributed by atoms with E-state index in [2.05, 4.69) is 28.4 Å². The maximum Gasteiger partial charge on any atom is 0.243 e. The van der Waals surface area contributed by atoms with E-state index in [-0.39, 0.29) is 5.91 Å². The van der Waals surface area contributed by atoms with Crippen molar-refractivity contribution in [2.75, 3.05) is 23.3 Å². The minimum atomic E-state index is 0.0113. The number of nitrogens with zero attached hydrogens (tertiary/aromatic N) is 1. The highest BCUT2D eigenvalue weighted by molar-refractivity contribution is 5.94. The normalized spacial score (nSPS) is 13.6. The molecule has 1 amide bonds. The van der Waals surface area contributed by atoms with E-state index in [1.165, 1.54) is 11.3 Å². The Kier molecular flexibility index (Phi) is 4.39. The summed E-state index contributed by atoms with van der Waals surface area (Å²) < 4.78 is 0. The van der Waals surface area contributed by atoms with E-state index in [0.29, 0.717) is 13.1 Å². The van der Waals surface area contributed by atoms with Crippen LogP contribution >= 0.6 is 0 Å². The molecule has 4 heteroatoms. The van der Waals surface area contributed by atoms with E-state index < -0.39 is 0 Å². The largest absolute Gasteiger partial charge is 0.362 e. The molecule has 0 fully saturated rings. The second kappa shape index (κ2) is 6.62. The third-order valence-electron chi connectivity index (χ3n) is 4.01. The molecule has 0 unspecified atom stereocenters. The van der Waals surface area contributed by atoms with Crippen molar-refractivity contribution < 1.29 is 4.79 Å². The highest BCUT2D eigenvalue weighted by Crippen LogP contribution is 2.26. The van der Waals surface area contributed by atoms with Gasteiger partial charge in [0.15, 0.2) is 0 Å². The molecule has 3 N–H and O–H groups in total. The minimum Gasteiger partial charge on any atom is -0.362 e. The fourth-order valence-corrected chi connectivity index (χ4v) is 2.87. The summed E-state index contributed by atoms with van der Waals surface area (Å²) in [5.74, 6) is 0.0113. The van der Waals surface area contributed by atoms with Crippen LogP contribution in [0, 0.1) is 0 Å². The van der Waals surface area contributed by atoms with Gasteiger partial charge in [-0.25, -0.2) is 0 Å². The summed E-state index contributed by atoms with van der Waals surface area (Å²) in [6.07, 6.45) is 2.18. The molecule has 3 rings (SSSR count). The number of fused-ring (bicyclic) bond motifs is 1. The number of para-hydroxylation sites is 1. The van der Waals surface area contributed by atoms with Gasteiger partial charge in [-0.1, -0.05) is 30.3 Å². The SMILES string of the molecule is NCc1ccc(NC(=O)CN2CCCc3ccccc32)cc1. The Morgan fingerprint density at radius 1 is 1.14 bits per heavy atom. The molecule has 0 bridgehead atoms. The summed E-state index contributed by atoms with van der Waals surface area (Å²) in [5, 5.41) is 2.95. The van der Waals surface area contributed by atoms with Gasteiger partial charge in [0.25, 0.3) is 0 Å². The molecule has 0 saturated carbocycles. The molecule has 1 heterocycles. The molecule has 0 radical (unpaired) electrons. The number of amides is 1. The van der Waals surface area contributed by atoms with Gasteiger partial charge in [-0.2, -0.15) is 0 Å². The zero-order chi connectivity index (χ0) is 15.4. The van der Waals surface area contributed by atoms with Gasteiger partial charge in [-0.05, 0) is 42.2 Å². The van der Waals surface area contributed by atoms with Crippen molar-refractivity contribution in [1.82, 2.24) is 0 Å². The van der Waals surface area contributed by atoms with E-state index in [0.717, 1.165) is 30.6 Å². The molecule has 1 aliphatic rings. The van der Waals surface area contributed by atoms with Gasteiger partial charge in [0.2, 0.25) is 5.91 Å². The van der Waals surface area contributed by atoms with Crippen molar-refractivity contribution in [2.45, 2.75) is 19.4 Å². The number of hydrogen-bond acceptors (Lipinski definition) is 3. The highest BCUT2D eigenvalue weighted by Gasteiger charge is 2.18. The molecule has 114 valence electrons. The lowest BCUT2D eigenvalue weighted by Gasteiger charge is -2.30. The number of nitrogens with two attached hydrogens (primary N) is 1. The van der Waals surface area contributed by atoms with Crippen molar-refractivity contribution in [3.63, 3.8) is 0 Å². The Labute approximate surface area is 130 Å². The molecule has 2 aromatic rings. The number of anilines is 2. The van der Waals surface area contributed by atoms with Gasteiger partial charge >= 0.3 is 0 Å². The zero-order valence-electron chi connectivity index (χ0n) is 12.6. The minimum absolute atomic E-state index is 0.0113. The molecule has 22 heavy (non-hydrogen) atoms. The summed E-state index contributed by atoms with van der Waals surface area (Å²) in [6, 6.07) is 16.0. The van der Waals surface area contributed by atoms with Gasteiger partial charge in [0.05, 0.1) is 6.54 Å². The molecule has 0 saturated heterocycles. The predicted octanol–water partition coefficient (Wildman–Crippen LogP) is 2.54. The molecule has 0 aromatic heterocycles. The summed E-state index contributed by atoms with van der Waals surface area (Å²) in [7, 11) is 0. The Morgan fingerprint density at radius 2 is 1.91 bits per heavy atom. The molecular formula is C18H21N3O. The lowest BCUT2D eigenvalue weighted by molar-refractivity contribution is -0.115. The Morgan fingerprint density at radius 3 is 2.68 bits per heavy atom. The van der Waals surface area contributed by atoms with E-state index in [4.69, 9.17) is 5.73 Å². The summed E-state index contributed by atoms with van der Waals surface area (Å²) in [6.45, 7) is 1.82. The van der Waals surface area contributed by atoms with Crippen molar-refractivity contribution >= 4 is 17.3 Å². The number of nitrogens with one attached hydrogen (secondary N) is 1. The summed E-state index contributed by atoms with van der Waals surface area (Å²) >= 11 is 0. The fraction of sp³-hybridized carbons (Fsp3) is 0.278.